The van der Waals surface area contributed by atoms with Gasteiger partial charge in [0, 0.05) is 5.69 Å². The lowest BCUT2D eigenvalue weighted by molar-refractivity contribution is 0.102. The zero-order chi connectivity index (χ0) is 16.2. The maximum atomic E-state index is 12.7. The van der Waals surface area contributed by atoms with Crippen molar-refractivity contribution in [2.45, 2.75) is 36.3 Å². The number of hydrogen-bond donors (Lipinski definition) is 3. The van der Waals surface area contributed by atoms with Gasteiger partial charge in [0.2, 0.25) is 0 Å². The first-order chi connectivity index (χ1) is 10.9. The van der Waals surface area contributed by atoms with Gasteiger partial charge in [-0.15, -0.1) is 11.3 Å². The second-order valence-corrected chi connectivity index (χ2v) is 8.84. The average molecular weight is 347 g/mol. The molecule has 1 atom stereocenters. The number of nitrogens with two attached hydrogens (primary N) is 1. The molecule has 0 fully saturated rings. The summed E-state index contributed by atoms with van der Waals surface area (Å²) >= 11 is 1.09. The van der Waals surface area contributed by atoms with Gasteiger partial charge in [0.1, 0.15) is 14.1 Å². The van der Waals surface area contributed by atoms with Crippen molar-refractivity contribution >= 4 is 32.8 Å². The van der Waals surface area contributed by atoms with Crippen LogP contribution in [0.4, 0.5) is 5.69 Å². The number of carbonyl (C=O) groups is 1. The fourth-order valence-corrected chi connectivity index (χ4v) is 5.32. The van der Waals surface area contributed by atoms with Gasteiger partial charge in [-0.2, -0.15) is 0 Å². The molecule has 1 unspecified atom stereocenters. The van der Waals surface area contributed by atoms with E-state index >= 15 is 0 Å². The van der Waals surface area contributed by atoms with Crippen molar-refractivity contribution in [1.29, 1.82) is 4.78 Å². The van der Waals surface area contributed by atoms with Crippen molar-refractivity contribution in [2.24, 2.45) is 5.14 Å². The Morgan fingerprint density at radius 1 is 1.22 bits per heavy atom. The van der Waals surface area contributed by atoms with Crippen molar-refractivity contribution in [3.8, 4) is 0 Å². The first-order valence-electron chi connectivity index (χ1n) is 7.57. The number of thiophene rings is 1. The topological polar surface area (TPSA) is 96.0 Å². The Morgan fingerprint density at radius 2 is 1.96 bits per heavy atom. The average Bonchev–Trinajstić information content (AvgIpc) is 3.09. The summed E-state index contributed by atoms with van der Waals surface area (Å²) in [6.45, 7) is 0. The van der Waals surface area contributed by atoms with Crippen LogP contribution in [0, 0.1) is 4.78 Å². The molecule has 0 bridgehead atoms. The number of anilines is 1. The van der Waals surface area contributed by atoms with E-state index in [1.54, 1.807) is 11.4 Å². The Morgan fingerprint density at radius 3 is 2.65 bits per heavy atom. The molecule has 0 saturated heterocycles. The highest BCUT2D eigenvalue weighted by Crippen LogP contribution is 2.40. The van der Waals surface area contributed by atoms with Crippen LogP contribution < -0.4 is 10.5 Å². The van der Waals surface area contributed by atoms with Gasteiger partial charge >= 0.3 is 0 Å². The molecule has 2 aliphatic rings. The van der Waals surface area contributed by atoms with Crippen LogP contribution in [0.3, 0.4) is 0 Å². The normalized spacial score (nSPS) is 17.8. The van der Waals surface area contributed by atoms with Crippen LogP contribution in [0.15, 0.2) is 21.7 Å². The summed E-state index contributed by atoms with van der Waals surface area (Å²) in [5, 5.41) is 10.1. The van der Waals surface area contributed by atoms with E-state index in [4.69, 9.17) is 9.92 Å². The maximum Gasteiger partial charge on any atom is 0.257 e. The molecule has 1 amide bonds. The second kappa shape index (κ2) is 5.15. The molecule has 120 valence electrons. The Balaban J connectivity index is 1.73. The Bertz CT molecular complexity index is 929. The largest absolute Gasteiger partial charge is 0.321 e. The zero-order valence-corrected chi connectivity index (χ0v) is 14.1. The lowest BCUT2D eigenvalue weighted by atomic mass is 9.83. The van der Waals surface area contributed by atoms with E-state index in [0.29, 0.717) is 0 Å². The molecule has 0 radical (unpaired) electrons. The third-order valence-corrected chi connectivity index (χ3v) is 7.14. The number of aryl methyl sites for hydroxylation is 2. The molecular weight excluding hydrogens is 330 g/mol. The number of rotatable bonds is 3. The number of carbonyl (C=O) groups excluding carboxylic acids is 1. The number of hydrogen-bond acceptors (Lipinski definition) is 4. The van der Waals surface area contributed by atoms with Crippen LogP contribution in [0.2, 0.25) is 0 Å². The summed E-state index contributed by atoms with van der Waals surface area (Å²) < 4.78 is 19.5. The molecule has 0 spiro atoms. The third kappa shape index (κ3) is 2.39. The summed E-state index contributed by atoms with van der Waals surface area (Å²) in [5.41, 5.74) is 6.34. The lowest BCUT2D eigenvalue weighted by Crippen LogP contribution is -2.21. The molecular formula is C16H17N3O2S2. The van der Waals surface area contributed by atoms with Crippen LogP contribution in [0.5, 0.6) is 0 Å². The van der Waals surface area contributed by atoms with Gasteiger partial charge < -0.3 is 5.32 Å². The molecule has 2 aliphatic carbocycles. The molecule has 7 heteroatoms. The highest BCUT2D eigenvalue weighted by atomic mass is 32.2. The van der Waals surface area contributed by atoms with E-state index in [1.165, 1.54) is 22.3 Å². The zero-order valence-electron chi connectivity index (χ0n) is 12.5. The molecule has 5 nitrogen and oxygen atoms in total. The van der Waals surface area contributed by atoms with Crippen molar-refractivity contribution in [1.82, 2.24) is 0 Å². The van der Waals surface area contributed by atoms with Crippen LogP contribution in [-0.2, 0) is 35.6 Å². The van der Waals surface area contributed by atoms with Crippen LogP contribution in [0.1, 0.15) is 39.0 Å². The predicted molar refractivity (Wildman–Crippen MR) is 91.5 cm³/mol. The van der Waals surface area contributed by atoms with E-state index in [9.17, 15) is 9.00 Å². The van der Waals surface area contributed by atoms with Gasteiger partial charge in [-0.05, 0) is 65.8 Å². The maximum absolute atomic E-state index is 12.7. The Labute approximate surface area is 139 Å². The van der Waals surface area contributed by atoms with Crippen LogP contribution in [0.25, 0.3) is 0 Å². The predicted octanol–water partition coefficient (Wildman–Crippen LogP) is 2.87. The molecule has 4 rings (SSSR count). The minimum absolute atomic E-state index is 0.140. The Hall–Kier alpha value is -1.70. The van der Waals surface area contributed by atoms with Gasteiger partial charge in [-0.3, -0.25) is 4.79 Å². The van der Waals surface area contributed by atoms with E-state index in [2.05, 4.69) is 11.4 Å². The molecule has 4 N–H and O–H groups in total. The second-order valence-electron chi connectivity index (χ2n) is 6.06. The summed E-state index contributed by atoms with van der Waals surface area (Å²) in [6, 6.07) is 3.87. The minimum atomic E-state index is -3.39. The molecule has 1 aromatic carbocycles. The fourth-order valence-electron chi connectivity index (χ4n) is 3.47. The third-order valence-electron chi connectivity index (χ3n) is 4.63. The minimum Gasteiger partial charge on any atom is -0.321 e. The first-order valence-corrected chi connectivity index (χ1v) is 10.1. The molecule has 0 aliphatic heterocycles. The lowest BCUT2D eigenvalue weighted by Gasteiger charge is -2.26. The van der Waals surface area contributed by atoms with Crippen molar-refractivity contribution in [3.63, 3.8) is 0 Å². The molecule has 1 heterocycles. The standard InChI is InChI=1S/C16H17N3O2S2/c17-23(18,21)16-13(6-7-22-16)15(20)19-14-11-3-1-2-9(11)8-10-4-5-12(10)14/h6-8H,1-5H2,(H,19,20)(H3,17,18,21). The molecule has 0 saturated carbocycles. The number of benzene rings is 1. The monoisotopic (exact) mass is 347 g/mol. The van der Waals surface area contributed by atoms with E-state index in [-0.39, 0.29) is 15.7 Å². The highest BCUT2D eigenvalue weighted by molar-refractivity contribution is 7.92. The van der Waals surface area contributed by atoms with E-state index in [0.717, 1.165) is 49.1 Å². The van der Waals surface area contributed by atoms with Crippen molar-refractivity contribution < 1.29 is 9.00 Å². The highest BCUT2D eigenvalue weighted by Gasteiger charge is 2.28. The van der Waals surface area contributed by atoms with Gasteiger partial charge in [0.15, 0.2) is 0 Å². The molecule has 1 aromatic heterocycles. The number of nitrogens with one attached hydrogen (secondary N) is 2. The smallest absolute Gasteiger partial charge is 0.257 e. The van der Waals surface area contributed by atoms with E-state index < -0.39 is 9.92 Å². The number of fused-ring (bicyclic) bond motifs is 2. The SMILES string of the molecule is N=S(N)(=O)c1sccc1C(=O)Nc1c2c(cc3c1CC3)CCC2. The summed E-state index contributed by atoms with van der Waals surface area (Å²) in [7, 11) is -3.39. The van der Waals surface area contributed by atoms with Gasteiger partial charge in [-0.1, -0.05) is 6.07 Å². The molecule has 23 heavy (non-hydrogen) atoms. The summed E-state index contributed by atoms with van der Waals surface area (Å²) in [5.74, 6) is -0.318. The van der Waals surface area contributed by atoms with Crippen molar-refractivity contribution in [2.75, 3.05) is 5.32 Å². The quantitative estimate of drug-likeness (QED) is 0.796. The van der Waals surface area contributed by atoms with Gasteiger partial charge in [0.05, 0.1) is 5.56 Å². The van der Waals surface area contributed by atoms with E-state index in [1.807, 2.05) is 0 Å². The number of amides is 1. The first kappa shape index (κ1) is 14.9. The van der Waals surface area contributed by atoms with Crippen molar-refractivity contribution in [3.05, 3.63) is 45.3 Å². The summed E-state index contributed by atoms with van der Waals surface area (Å²) in [4.78, 5) is 12.7. The van der Waals surface area contributed by atoms with Gasteiger partial charge in [0.25, 0.3) is 5.91 Å². The fraction of sp³-hybridized carbons (Fsp3) is 0.312. The van der Waals surface area contributed by atoms with Crippen LogP contribution >= 0.6 is 11.3 Å². The molecule has 2 aromatic rings. The van der Waals surface area contributed by atoms with Crippen LogP contribution in [-0.4, -0.2) is 10.1 Å². The Kier molecular flexibility index (Phi) is 3.33. The summed E-state index contributed by atoms with van der Waals surface area (Å²) in [6.07, 6.45) is 5.23. The van der Waals surface area contributed by atoms with Gasteiger partial charge in [-0.25, -0.2) is 14.1 Å².